The number of amides is 1. The Balaban J connectivity index is 1.62. The number of rotatable bonds is 5. The molecule has 0 saturated heterocycles. The minimum Gasteiger partial charge on any atom is -0.494 e. The van der Waals surface area contributed by atoms with Crippen LogP contribution in [0.25, 0.3) is 0 Å². The van der Waals surface area contributed by atoms with E-state index in [1.807, 2.05) is 6.92 Å². The first kappa shape index (κ1) is 15.5. The van der Waals surface area contributed by atoms with E-state index in [0.29, 0.717) is 24.0 Å². The topological polar surface area (TPSA) is 77.2 Å². The number of hydrogen-bond acceptors (Lipinski definition) is 5. The van der Waals surface area contributed by atoms with Gasteiger partial charge in [0.1, 0.15) is 5.75 Å². The van der Waals surface area contributed by atoms with Gasteiger partial charge in [0.15, 0.2) is 0 Å². The van der Waals surface area contributed by atoms with Gasteiger partial charge in [-0.2, -0.15) is 0 Å². The summed E-state index contributed by atoms with van der Waals surface area (Å²) in [5, 5.41) is 10.7. The molecular formula is C17H21N3O3. The lowest BCUT2D eigenvalue weighted by molar-refractivity contribution is 0.102. The maximum Gasteiger partial charge on any atom is 0.322 e. The second-order valence-electron chi connectivity index (χ2n) is 5.69. The fourth-order valence-corrected chi connectivity index (χ4v) is 2.84. The highest BCUT2D eigenvalue weighted by Crippen LogP contribution is 2.32. The van der Waals surface area contributed by atoms with Crippen molar-refractivity contribution < 1.29 is 13.9 Å². The molecule has 0 unspecified atom stereocenters. The van der Waals surface area contributed by atoms with Crippen LogP contribution in [0.15, 0.2) is 28.7 Å². The van der Waals surface area contributed by atoms with Crippen molar-refractivity contribution in [3.8, 4) is 5.75 Å². The van der Waals surface area contributed by atoms with E-state index in [9.17, 15) is 4.79 Å². The summed E-state index contributed by atoms with van der Waals surface area (Å²) in [6.07, 6.45) is 5.82. The zero-order valence-corrected chi connectivity index (χ0v) is 13.2. The molecule has 0 aliphatic heterocycles. The molecule has 2 aromatic rings. The first-order valence-corrected chi connectivity index (χ1v) is 8.14. The minimum atomic E-state index is -0.271. The molecule has 6 heteroatoms. The molecule has 1 aromatic heterocycles. The third-order valence-electron chi connectivity index (χ3n) is 4.04. The normalized spacial score (nSPS) is 15.3. The second kappa shape index (κ2) is 7.26. The molecular weight excluding hydrogens is 294 g/mol. The summed E-state index contributed by atoms with van der Waals surface area (Å²) in [6.45, 7) is 2.51. The molecule has 0 atom stereocenters. The summed E-state index contributed by atoms with van der Waals surface area (Å²) in [5.41, 5.74) is 0.519. The van der Waals surface area contributed by atoms with E-state index in [4.69, 9.17) is 9.15 Å². The van der Waals surface area contributed by atoms with Crippen LogP contribution in [0.5, 0.6) is 5.75 Å². The summed E-state index contributed by atoms with van der Waals surface area (Å²) in [7, 11) is 0. The van der Waals surface area contributed by atoms with Crippen molar-refractivity contribution in [2.24, 2.45) is 0 Å². The maximum absolute atomic E-state index is 12.2. The number of carbonyl (C=O) groups is 1. The number of nitrogens with zero attached hydrogens (tertiary/aromatic N) is 2. The molecule has 1 aromatic carbocycles. The Bertz CT molecular complexity index is 645. The smallest absolute Gasteiger partial charge is 0.322 e. The first-order valence-electron chi connectivity index (χ1n) is 8.14. The largest absolute Gasteiger partial charge is 0.494 e. The highest BCUT2D eigenvalue weighted by Gasteiger charge is 2.22. The Morgan fingerprint density at radius 2 is 1.96 bits per heavy atom. The zero-order chi connectivity index (χ0) is 16.1. The monoisotopic (exact) mass is 315 g/mol. The van der Waals surface area contributed by atoms with Crippen LogP contribution in [0, 0.1) is 0 Å². The molecule has 0 spiro atoms. The van der Waals surface area contributed by atoms with Crippen LogP contribution in [0.1, 0.15) is 61.2 Å². The number of hydrogen-bond donors (Lipinski definition) is 1. The number of carbonyl (C=O) groups excluding carboxylic acids is 1. The van der Waals surface area contributed by atoms with Crippen LogP contribution < -0.4 is 10.1 Å². The fraction of sp³-hybridized carbons (Fsp3) is 0.471. The van der Waals surface area contributed by atoms with E-state index in [2.05, 4.69) is 15.5 Å². The van der Waals surface area contributed by atoms with Crippen LogP contribution in [0.2, 0.25) is 0 Å². The summed E-state index contributed by atoms with van der Waals surface area (Å²) in [6, 6.07) is 7.10. The van der Waals surface area contributed by atoms with Gasteiger partial charge in [0.2, 0.25) is 5.89 Å². The second-order valence-corrected chi connectivity index (χ2v) is 5.69. The average Bonchev–Trinajstić information content (AvgIpc) is 3.05. The molecule has 6 nitrogen and oxygen atoms in total. The Kier molecular flexibility index (Phi) is 4.90. The van der Waals surface area contributed by atoms with Gasteiger partial charge >= 0.3 is 6.01 Å². The molecule has 1 amide bonds. The molecule has 0 bridgehead atoms. The number of anilines is 1. The maximum atomic E-state index is 12.2. The predicted molar refractivity (Wildman–Crippen MR) is 85.7 cm³/mol. The van der Waals surface area contributed by atoms with Crippen molar-refractivity contribution in [2.75, 3.05) is 11.9 Å². The Labute approximate surface area is 135 Å². The summed E-state index contributed by atoms with van der Waals surface area (Å²) in [5.74, 6) is 1.42. The lowest BCUT2D eigenvalue weighted by atomic mass is 9.89. The van der Waals surface area contributed by atoms with Gasteiger partial charge in [-0.15, -0.1) is 5.10 Å². The Morgan fingerprint density at radius 3 is 2.65 bits per heavy atom. The first-order chi connectivity index (χ1) is 11.3. The van der Waals surface area contributed by atoms with Gasteiger partial charge in [-0.3, -0.25) is 10.1 Å². The van der Waals surface area contributed by atoms with Gasteiger partial charge < -0.3 is 9.15 Å². The highest BCUT2D eigenvalue weighted by atomic mass is 16.5. The van der Waals surface area contributed by atoms with Crippen molar-refractivity contribution in [1.29, 1.82) is 0 Å². The van der Waals surface area contributed by atoms with Gasteiger partial charge in [0.25, 0.3) is 5.91 Å². The quantitative estimate of drug-likeness (QED) is 0.908. The number of aromatic nitrogens is 2. The molecule has 0 radical (unpaired) electrons. The lowest BCUT2D eigenvalue weighted by Crippen LogP contribution is -2.12. The minimum absolute atomic E-state index is 0.157. The van der Waals surface area contributed by atoms with E-state index in [1.54, 1.807) is 24.3 Å². The molecule has 1 aliphatic carbocycles. The van der Waals surface area contributed by atoms with Gasteiger partial charge in [-0.25, -0.2) is 0 Å². The highest BCUT2D eigenvalue weighted by molar-refractivity contribution is 6.03. The standard InChI is InChI=1S/C17H21N3O3/c1-2-22-14-10-8-12(9-11-14)15(21)18-17-20-19-16(23-17)13-6-4-3-5-7-13/h8-11,13H,2-7H2,1H3,(H,18,20,21). The van der Waals surface area contributed by atoms with Gasteiger partial charge in [0.05, 0.1) is 6.61 Å². The number of nitrogens with one attached hydrogen (secondary N) is 1. The van der Waals surface area contributed by atoms with Crippen molar-refractivity contribution in [1.82, 2.24) is 10.2 Å². The molecule has 122 valence electrons. The summed E-state index contributed by atoms with van der Waals surface area (Å²) >= 11 is 0. The van der Waals surface area contributed by atoms with Crippen LogP contribution in [-0.2, 0) is 0 Å². The third-order valence-corrected chi connectivity index (χ3v) is 4.04. The van der Waals surface area contributed by atoms with Gasteiger partial charge in [-0.05, 0) is 44.0 Å². The number of benzene rings is 1. The van der Waals surface area contributed by atoms with Gasteiger partial charge in [-0.1, -0.05) is 24.4 Å². The molecule has 3 rings (SSSR count). The molecule has 1 N–H and O–H groups in total. The van der Waals surface area contributed by atoms with E-state index in [0.717, 1.165) is 18.6 Å². The predicted octanol–water partition coefficient (Wildman–Crippen LogP) is 3.77. The van der Waals surface area contributed by atoms with Crippen molar-refractivity contribution >= 4 is 11.9 Å². The van der Waals surface area contributed by atoms with Gasteiger partial charge in [0, 0.05) is 11.5 Å². The van der Waals surface area contributed by atoms with Crippen LogP contribution in [0.4, 0.5) is 6.01 Å². The molecule has 1 saturated carbocycles. The molecule has 1 heterocycles. The van der Waals surface area contributed by atoms with Crippen molar-refractivity contribution in [3.63, 3.8) is 0 Å². The molecule has 1 aliphatic rings. The van der Waals surface area contributed by atoms with E-state index in [1.165, 1.54) is 19.3 Å². The molecule has 23 heavy (non-hydrogen) atoms. The zero-order valence-electron chi connectivity index (χ0n) is 13.2. The van der Waals surface area contributed by atoms with Crippen LogP contribution in [0.3, 0.4) is 0 Å². The van der Waals surface area contributed by atoms with E-state index >= 15 is 0 Å². The Hall–Kier alpha value is -2.37. The fourth-order valence-electron chi connectivity index (χ4n) is 2.84. The summed E-state index contributed by atoms with van der Waals surface area (Å²) < 4.78 is 11.0. The van der Waals surface area contributed by atoms with Crippen LogP contribution in [-0.4, -0.2) is 22.7 Å². The van der Waals surface area contributed by atoms with Crippen LogP contribution >= 0.6 is 0 Å². The van der Waals surface area contributed by atoms with Crippen molar-refractivity contribution in [2.45, 2.75) is 44.9 Å². The Morgan fingerprint density at radius 1 is 1.22 bits per heavy atom. The summed E-state index contributed by atoms with van der Waals surface area (Å²) in [4.78, 5) is 12.2. The average molecular weight is 315 g/mol. The van der Waals surface area contributed by atoms with Crippen molar-refractivity contribution in [3.05, 3.63) is 35.7 Å². The SMILES string of the molecule is CCOc1ccc(C(=O)Nc2nnc(C3CCCCC3)o2)cc1. The molecule has 1 fully saturated rings. The van der Waals surface area contributed by atoms with E-state index in [-0.39, 0.29) is 11.9 Å². The number of ether oxygens (including phenoxy) is 1. The lowest BCUT2D eigenvalue weighted by Gasteiger charge is -2.17. The third kappa shape index (κ3) is 3.88. The van der Waals surface area contributed by atoms with E-state index < -0.39 is 0 Å².